The molecule has 2 aromatic heterocycles. The molecule has 0 fully saturated rings. The number of H-pyrrole nitrogens is 1. The molecular formula is C26H24N4O3S. The lowest BCUT2D eigenvalue weighted by molar-refractivity contribution is -0.125. The summed E-state index contributed by atoms with van der Waals surface area (Å²) in [6.07, 6.45) is 3.21. The van der Waals surface area contributed by atoms with E-state index in [1.54, 1.807) is 12.1 Å². The minimum atomic E-state index is -0.454. The zero-order valence-corrected chi connectivity index (χ0v) is 19.5. The molecule has 1 aliphatic rings. The lowest BCUT2D eigenvalue weighted by Crippen LogP contribution is -2.36. The second kappa shape index (κ2) is 9.23. The minimum absolute atomic E-state index is 0.105. The largest absolute Gasteiger partial charge is 0.361 e. The Balaban J connectivity index is 1.21. The van der Waals surface area contributed by atoms with E-state index in [1.165, 1.54) is 11.3 Å². The number of aryl methyl sites for hydroxylation is 1. The van der Waals surface area contributed by atoms with Gasteiger partial charge in [0, 0.05) is 42.0 Å². The number of thiazole rings is 1. The van der Waals surface area contributed by atoms with E-state index >= 15 is 0 Å². The number of hydrogen-bond acceptors (Lipinski definition) is 5. The molecule has 0 aliphatic heterocycles. The number of anilines is 1. The van der Waals surface area contributed by atoms with Crippen LogP contribution in [0.15, 0.2) is 54.7 Å². The minimum Gasteiger partial charge on any atom is -0.361 e. The van der Waals surface area contributed by atoms with Crippen molar-refractivity contribution in [2.45, 2.75) is 26.2 Å². The first-order valence-electron chi connectivity index (χ1n) is 11.2. The van der Waals surface area contributed by atoms with Gasteiger partial charge in [0.2, 0.25) is 5.91 Å². The lowest BCUT2D eigenvalue weighted by atomic mass is 9.89. The molecule has 0 saturated heterocycles. The Morgan fingerprint density at radius 3 is 2.76 bits per heavy atom. The van der Waals surface area contributed by atoms with Gasteiger partial charge in [-0.2, -0.15) is 0 Å². The topological polar surface area (TPSA) is 104 Å². The second-order valence-corrected chi connectivity index (χ2v) is 9.49. The Bertz CT molecular complexity index is 1400. The van der Waals surface area contributed by atoms with Gasteiger partial charge in [-0.3, -0.25) is 19.7 Å². The van der Waals surface area contributed by atoms with Gasteiger partial charge in [-0.15, -0.1) is 0 Å². The summed E-state index contributed by atoms with van der Waals surface area (Å²) >= 11 is 1.18. The highest BCUT2D eigenvalue weighted by molar-refractivity contribution is 7.17. The molecular weight excluding hydrogens is 448 g/mol. The Morgan fingerprint density at radius 2 is 1.91 bits per heavy atom. The Labute approximate surface area is 200 Å². The second-order valence-electron chi connectivity index (χ2n) is 8.49. The molecule has 0 spiro atoms. The van der Waals surface area contributed by atoms with Gasteiger partial charge in [-0.25, -0.2) is 4.98 Å². The first kappa shape index (κ1) is 22.0. The third-order valence-corrected chi connectivity index (χ3v) is 7.23. The first-order valence-corrected chi connectivity index (χ1v) is 12.0. The van der Waals surface area contributed by atoms with Gasteiger partial charge >= 0.3 is 0 Å². The number of nitrogens with one attached hydrogen (secondary N) is 3. The van der Waals surface area contributed by atoms with Crippen molar-refractivity contribution >= 4 is 45.0 Å². The van der Waals surface area contributed by atoms with E-state index in [9.17, 15) is 14.4 Å². The van der Waals surface area contributed by atoms with Crippen molar-refractivity contribution in [3.63, 3.8) is 0 Å². The number of benzene rings is 2. The molecule has 34 heavy (non-hydrogen) atoms. The zero-order valence-electron chi connectivity index (χ0n) is 18.7. The quantitative estimate of drug-likeness (QED) is 0.389. The average Bonchev–Trinajstić information content (AvgIpc) is 3.43. The molecule has 3 N–H and O–H groups in total. The van der Waals surface area contributed by atoms with Gasteiger partial charge < -0.3 is 10.3 Å². The van der Waals surface area contributed by atoms with Crippen molar-refractivity contribution < 1.29 is 14.4 Å². The Kier molecular flexibility index (Phi) is 5.98. The van der Waals surface area contributed by atoms with Gasteiger partial charge in [-0.1, -0.05) is 47.7 Å². The number of fused-ring (bicyclic) bond motifs is 2. The maximum Gasteiger partial charge on any atom is 0.257 e. The number of amides is 2. The summed E-state index contributed by atoms with van der Waals surface area (Å²) in [5, 5.41) is 7.30. The molecule has 2 heterocycles. The molecule has 0 radical (unpaired) electrons. The van der Waals surface area contributed by atoms with Crippen LogP contribution in [0.4, 0.5) is 5.13 Å². The number of rotatable bonds is 6. The molecule has 8 heteroatoms. The first-order chi connectivity index (χ1) is 16.5. The Morgan fingerprint density at radius 1 is 1.12 bits per heavy atom. The van der Waals surface area contributed by atoms with Gasteiger partial charge in [0.1, 0.15) is 0 Å². The fraction of sp³-hybridized carbons (Fsp3) is 0.231. The number of carbonyl (C=O) groups excluding carboxylic acids is 3. The van der Waals surface area contributed by atoms with Crippen LogP contribution in [-0.4, -0.2) is 34.1 Å². The van der Waals surface area contributed by atoms with Gasteiger partial charge in [0.05, 0.1) is 16.5 Å². The molecule has 5 rings (SSSR count). The standard InChI is InChI=1S/C26H24N4O3S/c1-15-6-2-3-7-18(15)25(33)30-26-29-21-12-17(13-22(31)23(21)34-26)24(32)27-11-10-16-14-28-20-9-5-4-8-19(16)20/h2-9,14,17,28H,10-13H2,1H3,(H,27,32)(H,29,30,33). The van der Waals surface area contributed by atoms with Crippen molar-refractivity contribution in [1.82, 2.24) is 15.3 Å². The summed E-state index contributed by atoms with van der Waals surface area (Å²) < 4.78 is 0. The molecule has 172 valence electrons. The summed E-state index contributed by atoms with van der Waals surface area (Å²) in [6.45, 7) is 2.36. The maximum atomic E-state index is 12.8. The fourth-order valence-corrected chi connectivity index (χ4v) is 5.30. The van der Waals surface area contributed by atoms with Gasteiger partial charge in [-0.05, 0) is 36.6 Å². The van der Waals surface area contributed by atoms with E-state index < -0.39 is 5.92 Å². The maximum absolute atomic E-state index is 12.8. The van der Waals surface area contributed by atoms with Crippen molar-refractivity contribution in [1.29, 1.82) is 0 Å². The highest BCUT2D eigenvalue weighted by atomic mass is 32.1. The predicted octanol–water partition coefficient (Wildman–Crippen LogP) is 4.29. The van der Waals surface area contributed by atoms with E-state index in [4.69, 9.17) is 0 Å². The van der Waals surface area contributed by atoms with Crippen LogP contribution >= 0.6 is 11.3 Å². The van der Waals surface area contributed by atoms with Crippen LogP contribution in [0.2, 0.25) is 0 Å². The molecule has 2 aromatic carbocycles. The number of aromatic amines is 1. The number of hydrogen-bond donors (Lipinski definition) is 3. The fourth-order valence-electron chi connectivity index (χ4n) is 4.36. The van der Waals surface area contributed by atoms with Gasteiger partial charge in [0.25, 0.3) is 5.91 Å². The highest BCUT2D eigenvalue weighted by Gasteiger charge is 2.33. The monoisotopic (exact) mass is 472 g/mol. The molecule has 4 aromatic rings. The van der Waals surface area contributed by atoms with E-state index in [0.29, 0.717) is 40.7 Å². The van der Waals surface area contributed by atoms with Crippen LogP contribution in [0.25, 0.3) is 10.9 Å². The molecule has 2 amide bonds. The summed E-state index contributed by atoms with van der Waals surface area (Å²) in [5.41, 5.74) is 4.23. The van der Waals surface area contributed by atoms with E-state index in [1.807, 2.05) is 43.5 Å². The third kappa shape index (κ3) is 4.36. The third-order valence-electron chi connectivity index (χ3n) is 6.17. The van der Waals surface area contributed by atoms with Crippen LogP contribution in [0.1, 0.15) is 43.3 Å². The summed E-state index contributed by atoms with van der Waals surface area (Å²) in [6, 6.07) is 15.4. The Hall–Kier alpha value is -3.78. The molecule has 1 atom stereocenters. The normalized spacial score (nSPS) is 15.2. The molecule has 0 bridgehead atoms. The number of Topliss-reactive ketones (excluding diaryl/α,β-unsaturated/α-hetero) is 1. The lowest BCUT2D eigenvalue weighted by Gasteiger charge is -2.19. The van der Waals surface area contributed by atoms with E-state index in [2.05, 4.69) is 26.7 Å². The van der Waals surface area contributed by atoms with Crippen molar-refractivity contribution in [3.05, 3.63) is 82.0 Å². The van der Waals surface area contributed by atoms with E-state index in [0.717, 1.165) is 22.0 Å². The van der Waals surface area contributed by atoms with E-state index in [-0.39, 0.29) is 24.0 Å². The summed E-state index contributed by atoms with van der Waals surface area (Å²) in [4.78, 5) is 46.3. The van der Waals surface area contributed by atoms with Crippen LogP contribution < -0.4 is 10.6 Å². The SMILES string of the molecule is Cc1ccccc1C(=O)Nc1nc2c(s1)C(=O)CC(C(=O)NCCc1c[nH]c3ccccc13)C2. The van der Waals surface area contributed by atoms with Crippen molar-refractivity contribution in [2.75, 3.05) is 11.9 Å². The zero-order chi connectivity index (χ0) is 23.7. The average molecular weight is 473 g/mol. The van der Waals surface area contributed by atoms with Crippen molar-refractivity contribution in [2.24, 2.45) is 5.92 Å². The van der Waals surface area contributed by atoms with Crippen LogP contribution in [-0.2, 0) is 17.6 Å². The summed E-state index contributed by atoms with van der Waals surface area (Å²) in [5.74, 6) is -0.961. The number of ketones is 1. The van der Waals surface area contributed by atoms with Crippen molar-refractivity contribution in [3.8, 4) is 0 Å². The van der Waals surface area contributed by atoms with Crippen LogP contribution in [0, 0.1) is 12.8 Å². The number of aromatic nitrogens is 2. The number of carbonyl (C=O) groups is 3. The van der Waals surface area contributed by atoms with Gasteiger partial charge in [0.15, 0.2) is 10.9 Å². The van der Waals surface area contributed by atoms with Crippen LogP contribution in [0.3, 0.4) is 0 Å². The smallest absolute Gasteiger partial charge is 0.257 e. The molecule has 7 nitrogen and oxygen atoms in total. The molecule has 1 aliphatic carbocycles. The molecule has 1 unspecified atom stereocenters. The molecule has 0 saturated carbocycles. The predicted molar refractivity (Wildman–Crippen MR) is 132 cm³/mol. The highest BCUT2D eigenvalue weighted by Crippen LogP contribution is 2.32. The number of nitrogens with zero attached hydrogens (tertiary/aromatic N) is 1. The summed E-state index contributed by atoms with van der Waals surface area (Å²) in [7, 11) is 0. The number of para-hydroxylation sites is 1. The van der Waals surface area contributed by atoms with Crippen LogP contribution in [0.5, 0.6) is 0 Å².